The molecular formula is C15H23N3O2. The summed E-state index contributed by atoms with van der Waals surface area (Å²) in [5, 5.41) is 2.63. The van der Waals surface area contributed by atoms with Gasteiger partial charge in [0.05, 0.1) is 17.5 Å². The molecule has 3 N–H and O–H groups in total. The number of nitrogens with two attached hydrogens (primary N) is 1. The lowest BCUT2D eigenvalue weighted by Crippen LogP contribution is -2.33. The summed E-state index contributed by atoms with van der Waals surface area (Å²) < 4.78 is 5.75. The van der Waals surface area contributed by atoms with Gasteiger partial charge in [-0.15, -0.1) is 0 Å². The highest BCUT2D eigenvalue weighted by Crippen LogP contribution is 2.25. The van der Waals surface area contributed by atoms with E-state index in [2.05, 4.69) is 10.2 Å². The second-order valence-corrected chi connectivity index (χ2v) is 5.22. The molecule has 20 heavy (non-hydrogen) atoms. The maximum Gasteiger partial charge on any atom is 0.251 e. The van der Waals surface area contributed by atoms with Gasteiger partial charge in [0.1, 0.15) is 0 Å². The van der Waals surface area contributed by atoms with Crippen molar-refractivity contribution >= 4 is 17.3 Å². The van der Waals surface area contributed by atoms with Gasteiger partial charge in [-0.2, -0.15) is 0 Å². The standard InChI is InChI=1S/C15H23N3O2/c1-17-15(19)11-6-7-13(16)14(9-11)18(2)10-12-5-3-4-8-20-12/h6-7,9,12H,3-5,8,10,16H2,1-2H3,(H,17,19). The summed E-state index contributed by atoms with van der Waals surface area (Å²) in [6.45, 7) is 1.63. The van der Waals surface area contributed by atoms with Crippen LogP contribution in [-0.4, -0.2) is 39.3 Å². The number of ether oxygens (including phenoxy) is 1. The number of amides is 1. The molecule has 1 saturated heterocycles. The van der Waals surface area contributed by atoms with Crippen LogP contribution in [0.3, 0.4) is 0 Å². The van der Waals surface area contributed by atoms with E-state index < -0.39 is 0 Å². The smallest absolute Gasteiger partial charge is 0.251 e. The minimum Gasteiger partial charge on any atom is -0.397 e. The third-order valence-electron chi connectivity index (χ3n) is 3.68. The Morgan fingerprint density at radius 1 is 1.50 bits per heavy atom. The normalized spacial score (nSPS) is 18.6. The second-order valence-electron chi connectivity index (χ2n) is 5.22. The van der Waals surface area contributed by atoms with Crippen LogP contribution in [0.25, 0.3) is 0 Å². The Morgan fingerprint density at radius 3 is 2.95 bits per heavy atom. The van der Waals surface area contributed by atoms with Crippen molar-refractivity contribution in [2.75, 3.05) is 37.9 Å². The van der Waals surface area contributed by atoms with E-state index in [1.165, 1.54) is 6.42 Å². The molecule has 0 spiro atoms. The minimum atomic E-state index is -0.103. The molecule has 110 valence electrons. The summed E-state index contributed by atoms with van der Waals surface area (Å²) in [5.41, 5.74) is 8.19. The summed E-state index contributed by atoms with van der Waals surface area (Å²) in [4.78, 5) is 13.8. The molecule has 0 bridgehead atoms. The first-order valence-corrected chi connectivity index (χ1v) is 7.06. The Kier molecular flexibility index (Phi) is 4.84. The van der Waals surface area contributed by atoms with Crippen LogP contribution >= 0.6 is 0 Å². The highest BCUT2D eigenvalue weighted by molar-refractivity contribution is 5.96. The van der Waals surface area contributed by atoms with Crippen molar-refractivity contribution in [2.24, 2.45) is 0 Å². The molecular weight excluding hydrogens is 254 g/mol. The Hall–Kier alpha value is -1.75. The molecule has 1 fully saturated rings. The average molecular weight is 277 g/mol. The van der Waals surface area contributed by atoms with Gasteiger partial charge >= 0.3 is 0 Å². The van der Waals surface area contributed by atoms with E-state index in [0.717, 1.165) is 31.7 Å². The molecule has 0 aromatic heterocycles. The summed E-state index contributed by atoms with van der Waals surface area (Å²) in [6.07, 6.45) is 3.69. The van der Waals surface area contributed by atoms with E-state index in [1.807, 2.05) is 13.1 Å². The molecule has 0 radical (unpaired) electrons. The summed E-state index contributed by atoms with van der Waals surface area (Å²) in [5.74, 6) is -0.103. The maximum atomic E-state index is 11.7. The monoisotopic (exact) mass is 277 g/mol. The maximum absolute atomic E-state index is 11.7. The fourth-order valence-corrected chi connectivity index (χ4v) is 2.52. The fourth-order valence-electron chi connectivity index (χ4n) is 2.52. The molecule has 1 aliphatic heterocycles. The molecule has 0 aliphatic carbocycles. The highest BCUT2D eigenvalue weighted by Gasteiger charge is 2.18. The number of anilines is 2. The minimum absolute atomic E-state index is 0.103. The zero-order valence-corrected chi connectivity index (χ0v) is 12.2. The van der Waals surface area contributed by atoms with E-state index >= 15 is 0 Å². The lowest BCUT2D eigenvalue weighted by atomic mass is 10.1. The number of benzene rings is 1. The molecule has 5 heteroatoms. The number of hydrogen-bond donors (Lipinski definition) is 2. The van der Waals surface area contributed by atoms with Crippen molar-refractivity contribution < 1.29 is 9.53 Å². The van der Waals surface area contributed by atoms with Crippen LogP contribution in [0.2, 0.25) is 0 Å². The number of hydrogen-bond acceptors (Lipinski definition) is 4. The Labute approximate surface area is 120 Å². The van der Waals surface area contributed by atoms with Crippen molar-refractivity contribution in [2.45, 2.75) is 25.4 Å². The average Bonchev–Trinajstić information content (AvgIpc) is 2.48. The number of nitrogen functional groups attached to an aromatic ring is 1. The van der Waals surface area contributed by atoms with Crippen molar-refractivity contribution in [3.8, 4) is 0 Å². The number of carbonyl (C=O) groups is 1. The first-order chi connectivity index (χ1) is 9.61. The number of nitrogens with one attached hydrogen (secondary N) is 1. The first kappa shape index (κ1) is 14.7. The molecule has 1 aliphatic rings. The Balaban J connectivity index is 2.11. The third kappa shape index (κ3) is 3.42. The van der Waals surface area contributed by atoms with Gasteiger partial charge < -0.3 is 20.7 Å². The van der Waals surface area contributed by atoms with Gasteiger partial charge in [0.25, 0.3) is 5.91 Å². The molecule has 5 nitrogen and oxygen atoms in total. The van der Waals surface area contributed by atoms with Gasteiger partial charge in [-0.05, 0) is 37.5 Å². The molecule has 1 unspecified atom stereocenters. The second kappa shape index (κ2) is 6.61. The van der Waals surface area contributed by atoms with Crippen molar-refractivity contribution in [1.82, 2.24) is 5.32 Å². The largest absolute Gasteiger partial charge is 0.397 e. The van der Waals surface area contributed by atoms with Crippen molar-refractivity contribution in [1.29, 1.82) is 0 Å². The lowest BCUT2D eigenvalue weighted by molar-refractivity contribution is 0.0216. The number of carbonyl (C=O) groups excluding carboxylic acids is 1. The third-order valence-corrected chi connectivity index (χ3v) is 3.68. The predicted molar refractivity (Wildman–Crippen MR) is 81.1 cm³/mol. The van der Waals surface area contributed by atoms with Gasteiger partial charge in [0.2, 0.25) is 0 Å². The van der Waals surface area contributed by atoms with Crippen LogP contribution in [-0.2, 0) is 4.74 Å². The van der Waals surface area contributed by atoms with Gasteiger partial charge in [0, 0.05) is 32.8 Å². The molecule has 0 saturated carbocycles. The van der Waals surface area contributed by atoms with Gasteiger partial charge in [0.15, 0.2) is 0 Å². The Bertz CT molecular complexity index is 470. The van der Waals surface area contributed by atoms with E-state index in [4.69, 9.17) is 10.5 Å². The first-order valence-electron chi connectivity index (χ1n) is 7.06. The van der Waals surface area contributed by atoms with Crippen LogP contribution in [0.5, 0.6) is 0 Å². The quantitative estimate of drug-likeness (QED) is 0.821. The molecule has 1 heterocycles. The van der Waals surface area contributed by atoms with E-state index in [-0.39, 0.29) is 12.0 Å². The number of likely N-dealkylation sites (N-methyl/N-ethyl adjacent to an activating group) is 1. The topological polar surface area (TPSA) is 67.6 Å². The zero-order chi connectivity index (χ0) is 14.5. The predicted octanol–water partition coefficient (Wildman–Crippen LogP) is 1.63. The van der Waals surface area contributed by atoms with E-state index in [0.29, 0.717) is 11.3 Å². The van der Waals surface area contributed by atoms with E-state index in [1.54, 1.807) is 19.2 Å². The van der Waals surface area contributed by atoms with Gasteiger partial charge in [-0.25, -0.2) is 0 Å². The molecule has 1 amide bonds. The zero-order valence-electron chi connectivity index (χ0n) is 12.2. The van der Waals surface area contributed by atoms with Gasteiger partial charge in [-0.3, -0.25) is 4.79 Å². The SMILES string of the molecule is CNC(=O)c1ccc(N)c(N(C)CC2CCCCO2)c1. The highest BCUT2D eigenvalue weighted by atomic mass is 16.5. The summed E-state index contributed by atoms with van der Waals surface area (Å²) in [6, 6.07) is 5.34. The van der Waals surface area contributed by atoms with Crippen LogP contribution in [0.4, 0.5) is 11.4 Å². The molecule has 1 atom stereocenters. The Morgan fingerprint density at radius 2 is 2.30 bits per heavy atom. The fraction of sp³-hybridized carbons (Fsp3) is 0.533. The summed E-state index contributed by atoms with van der Waals surface area (Å²) >= 11 is 0. The van der Waals surface area contributed by atoms with Crippen molar-refractivity contribution in [3.63, 3.8) is 0 Å². The summed E-state index contributed by atoms with van der Waals surface area (Å²) in [7, 11) is 3.61. The van der Waals surface area contributed by atoms with Crippen molar-refractivity contribution in [3.05, 3.63) is 23.8 Å². The molecule has 1 aromatic rings. The molecule has 2 rings (SSSR count). The number of rotatable bonds is 4. The van der Waals surface area contributed by atoms with Crippen LogP contribution in [0, 0.1) is 0 Å². The van der Waals surface area contributed by atoms with E-state index in [9.17, 15) is 4.79 Å². The number of nitrogens with zero attached hydrogens (tertiary/aromatic N) is 1. The van der Waals surface area contributed by atoms with Crippen LogP contribution in [0.1, 0.15) is 29.6 Å². The van der Waals surface area contributed by atoms with Crippen LogP contribution < -0.4 is 16.0 Å². The van der Waals surface area contributed by atoms with Gasteiger partial charge in [-0.1, -0.05) is 0 Å². The molecule has 1 aromatic carbocycles. The van der Waals surface area contributed by atoms with Crippen LogP contribution in [0.15, 0.2) is 18.2 Å². The lowest BCUT2D eigenvalue weighted by Gasteiger charge is -2.29.